The number of anilines is 2. The Morgan fingerprint density at radius 2 is 1.83 bits per heavy atom. The van der Waals surface area contributed by atoms with Crippen molar-refractivity contribution >= 4 is 35.6 Å². The highest BCUT2D eigenvalue weighted by Crippen LogP contribution is 2.29. The van der Waals surface area contributed by atoms with Crippen LogP contribution in [0.3, 0.4) is 0 Å². The van der Waals surface area contributed by atoms with Gasteiger partial charge in [-0.1, -0.05) is 36.4 Å². The van der Waals surface area contributed by atoms with E-state index in [0.29, 0.717) is 19.4 Å². The first-order valence-electron chi connectivity index (χ1n) is 7.68. The highest BCUT2D eigenvalue weighted by Gasteiger charge is 2.18. The molecule has 1 heterocycles. The molecular formula is C18H20ClN3O2. The van der Waals surface area contributed by atoms with Gasteiger partial charge in [-0.25, -0.2) is 0 Å². The molecule has 0 aliphatic carbocycles. The summed E-state index contributed by atoms with van der Waals surface area (Å²) < 4.78 is 0. The topological polar surface area (TPSA) is 70.2 Å². The molecule has 0 saturated carbocycles. The summed E-state index contributed by atoms with van der Waals surface area (Å²) in [5.41, 5.74) is 3.69. The molecule has 0 atom stereocenters. The van der Waals surface area contributed by atoms with Gasteiger partial charge in [0.2, 0.25) is 11.8 Å². The zero-order chi connectivity index (χ0) is 16.1. The van der Waals surface area contributed by atoms with Crippen LogP contribution in [0.1, 0.15) is 17.5 Å². The van der Waals surface area contributed by atoms with Gasteiger partial charge < -0.3 is 16.0 Å². The van der Waals surface area contributed by atoms with E-state index in [2.05, 4.69) is 16.0 Å². The SMILES string of the molecule is Cl.O=C1CCc2c(cccc2NC(=O)CNCc2ccccc2)N1. The normalized spacial score (nSPS) is 12.6. The molecule has 0 radical (unpaired) electrons. The number of fused-ring (bicyclic) bond motifs is 1. The van der Waals surface area contributed by atoms with Crippen molar-refractivity contribution in [3.05, 3.63) is 59.7 Å². The third kappa shape index (κ3) is 4.57. The smallest absolute Gasteiger partial charge is 0.238 e. The molecule has 24 heavy (non-hydrogen) atoms. The third-order valence-electron chi connectivity index (χ3n) is 3.78. The van der Waals surface area contributed by atoms with Gasteiger partial charge in [0.1, 0.15) is 0 Å². The molecule has 0 bridgehead atoms. The van der Waals surface area contributed by atoms with Crippen molar-refractivity contribution in [3.63, 3.8) is 0 Å². The van der Waals surface area contributed by atoms with E-state index in [-0.39, 0.29) is 30.8 Å². The molecule has 6 heteroatoms. The van der Waals surface area contributed by atoms with Crippen LogP contribution in [-0.2, 0) is 22.6 Å². The number of hydrogen-bond acceptors (Lipinski definition) is 3. The van der Waals surface area contributed by atoms with E-state index in [4.69, 9.17) is 0 Å². The average molecular weight is 346 g/mol. The fraction of sp³-hybridized carbons (Fsp3) is 0.222. The number of carbonyl (C=O) groups is 2. The summed E-state index contributed by atoms with van der Waals surface area (Å²) in [6.45, 7) is 0.891. The van der Waals surface area contributed by atoms with E-state index < -0.39 is 0 Å². The Kier molecular flexibility index (Phi) is 6.35. The minimum absolute atomic E-state index is 0. The van der Waals surface area contributed by atoms with E-state index in [1.807, 2.05) is 48.5 Å². The molecular weight excluding hydrogens is 326 g/mol. The van der Waals surface area contributed by atoms with Crippen LogP contribution < -0.4 is 16.0 Å². The van der Waals surface area contributed by atoms with Gasteiger partial charge in [0, 0.05) is 24.3 Å². The average Bonchev–Trinajstić information content (AvgIpc) is 2.56. The van der Waals surface area contributed by atoms with Crippen molar-refractivity contribution < 1.29 is 9.59 Å². The number of nitrogens with one attached hydrogen (secondary N) is 3. The summed E-state index contributed by atoms with van der Waals surface area (Å²) in [6, 6.07) is 15.5. The van der Waals surface area contributed by atoms with Crippen molar-refractivity contribution in [1.82, 2.24) is 5.32 Å². The van der Waals surface area contributed by atoms with Crippen molar-refractivity contribution in [2.75, 3.05) is 17.2 Å². The first kappa shape index (κ1) is 18.0. The Balaban J connectivity index is 0.00000208. The molecule has 0 aromatic heterocycles. The number of benzene rings is 2. The third-order valence-corrected chi connectivity index (χ3v) is 3.78. The number of amides is 2. The maximum absolute atomic E-state index is 12.1. The molecule has 1 aliphatic rings. The van der Waals surface area contributed by atoms with Gasteiger partial charge in [-0.05, 0) is 29.7 Å². The lowest BCUT2D eigenvalue weighted by Crippen LogP contribution is -2.28. The molecule has 0 saturated heterocycles. The van der Waals surface area contributed by atoms with Gasteiger partial charge in [0.15, 0.2) is 0 Å². The van der Waals surface area contributed by atoms with Gasteiger partial charge in [0.25, 0.3) is 0 Å². The Morgan fingerprint density at radius 1 is 1.04 bits per heavy atom. The second-order valence-electron chi connectivity index (χ2n) is 5.52. The quantitative estimate of drug-likeness (QED) is 0.780. The minimum atomic E-state index is -0.0915. The van der Waals surface area contributed by atoms with Crippen molar-refractivity contribution in [2.45, 2.75) is 19.4 Å². The molecule has 0 fully saturated rings. The Hall–Kier alpha value is -2.37. The van der Waals surface area contributed by atoms with E-state index in [1.54, 1.807) is 0 Å². The van der Waals surface area contributed by atoms with Crippen LogP contribution in [-0.4, -0.2) is 18.4 Å². The number of carbonyl (C=O) groups excluding carboxylic acids is 2. The number of halogens is 1. The molecule has 5 nitrogen and oxygen atoms in total. The van der Waals surface area contributed by atoms with Gasteiger partial charge in [0.05, 0.1) is 6.54 Å². The van der Waals surface area contributed by atoms with Crippen LogP contribution in [0.15, 0.2) is 48.5 Å². The summed E-state index contributed by atoms with van der Waals surface area (Å²) in [5, 5.41) is 8.88. The fourth-order valence-electron chi connectivity index (χ4n) is 2.65. The fourth-order valence-corrected chi connectivity index (χ4v) is 2.65. The standard InChI is InChI=1S/C18H19N3O2.ClH/c22-17-10-9-14-15(20-17)7-4-8-16(14)21-18(23)12-19-11-13-5-2-1-3-6-13;/h1-8,19H,9-12H2,(H,20,22)(H,21,23);1H. The van der Waals surface area contributed by atoms with Crippen molar-refractivity contribution in [2.24, 2.45) is 0 Å². The largest absolute Gasteiger partial charge is 0.326 e. The van der Waals surface area contributed by atoms with Gasteiger partial charge in [-0.2, -0.15) is 0 Å². The van der Waals surface area contributed by atoms with Crippen LogP contribution in [0.4, 0.5) is 11.4 Å². The van der Waals surface area contributed by atoms with Crippen molar-refractivity contribution in [3.8, 4) is 0 Å². The van der Waals surface area contributed by atoms with Crippen LogP contribution in [0, 0.1) is 0 Å². The lowest BCUT2D eigenvalue weighted by molar-refractivity contribution is -0.116. The summed E-state index contributed by atoms with van der Waals surface area (Å²) >= 11 is 0. The highest BCUT2D eigenvalue weighted by molar-refractivity contribution is 5.98. The van der Waals surface area contributed by atoms with Crippen LogP contribution in [0.5, 0.6) is 0 Å². The highest BCUT2D eigenvalue weighted by atomic mass is 35.5. The van der Waals surface area contributed by atoms with Gasteiger partial charge in [-0.3, -0.25) is 9.59 Å². The molecule has 2 aromatic rings. The predicted octanol–water partition coefficient (Wildman–Crippen LogP) is 2.72. The predicted molar refractivity (Wildman–Crippen MR) is 97.4 cm³/mol. The second-order valence-corrected chi connectivity index (χ2v) is 5.52. The Morgan fingerprint density at radius 3 is 2.62 bits per heavy atom. The van der Waals surface area contributed by atoms with E-state index >= 15 is 0 Å². The van der Waals surface area contributed by atoms with Crippen LogP contribution >= 0.6 is 12.4 Å². The minimum Gasteiger partial charge on any atom is -0.326 e. The Bertz CT molecular complexity index is 719. The van der Waals surface area contributed by atoms with Gasteiger partial charge in [-0.15, -0.1) is 12.4 Å². The maximum Gasteiger partial charge on any atom is 0.238 e. The second kappa shape index (κ2) is 8.47. The molecule has 0 unspecified atom stereocenters. The molecule has 3 N–H and O–H groups in total. The Labute approximate surface area is 147 Å². The summed E-state index contributed by atoms with van der Waals surface area (Å²) in [5.74, 6) is -0.0725. The first-order chi connectivity index (χ1) is 11.2. The molecule has 1 aliphatic heterocycles. The lowest BCUT2D eigenvalue weighted by atomic mass is 10.0. The number of rotatable bonds is 5. The van der Waals surface area contributed by atoms with Crippen LogP contribution in [0.2, 0.25) is 0 Å². The van der Waals surface area contributed by atoms with E-state index in [1.165, 1.54) is 0 Å². The van der Waals surface area contributed by atoms with Crippen LogP contribution in [0.25, 0.3) is 0 Å². The lowest BCUT2D eigenvalue weighted by Gasteiger charge is -2.20. The van der Waals surface area contributed by atoms with E-state index in [9.17, 15) is 9.59 Å². The number of hydrogen-bond donors (Lipinski definition) is 3. The van der Waals surface area contributed by atoms with Gasteiger partial charge >= 0.3 is 0 Å². The summed E-state index contributed by atoms with van der Waals surface area (Å²) in [7, 11) is 0. The van der Waals surface area contributed by atoms with Crippen molar-refractivity contribution in [1.29, 1.82) is 0 Å². The zero-order valence-corrected chi connectivity index (χ0v) is 14.0. The first-order valence-corrected chi connectivity index (χ1v) is 7.68. The molecule has 126 valence electrons. The summed E-state index contributed by atoms with van der Waals surface area (Å²) in [6.07, 6.45) is 1.10. The monoisotopic (exact) mass is 345 g/mol. The molecule has 3 rings (SSSR count). The zero-order valence-electron chi connectivity index (χ0n) is 13.2. The molecule has 2 amide bonds. The summed E-state index contributed by atoms with van der Waals surface area (Å²) in [4.78, 5) is 23.5. The maximum atomic E-state index is 12.1. The molecule has 2 aromatic carbocycles. The van der Waals surface area contributed by atoms with E-state index in [0.717, 1.165) is 22.5 Å². The molecule has 0 spiro atoms.